The molecular weight excluding hydrogens is 463 g/mol. The number of halogens is 1. The van der Waals surface area contributed by atoms with Crippen LogP contribution in [-0.4, -0.2) is 53.8 Å². The van der Waals surface area contributed by atoms with Gasteiger partial charge in [0.2, 0.25) is 0 Å². The van der Waals surface area contributed by atoms with Gasteiger partial charge in [0.05, 0.1) is 27.0 Å². The number of pyridine rings is 1. The molecule has 1 aliphatic carbocycles. The van der Waals surface area contributed by atoms with Gasteiger partial charge in [0.1, 0.15) is 21.3 Å². The lowest BCUT2D eigenvalue weighted by molar-refractivity contribution is 0.0129. The van der Waals surface area contributed by atoms with Crippen molar-refractivity contribution in [3.05, 3.63) is 33.0 Å². The highest BCUT2D eigenvalue weighted by atomic mass is 32.1. The number of methoxy groups -OCH3 is 1. The van der Waals surface area contributed by atoms with Crippen LogP contribution in [0.5, 0.6) is 0 Å². The molecule has 8 nitrogen and oxygen atoms in total. The molecule has 1 saturated heterocycles. The molecule has 3 aromatic rings. The fraction of sp³-hybridized carbons (Fsp3) is 0.500. The molecule has 1 aliphatic heterocycles. The number of anilines is 2. The lowest BCUT2D eigenvalue weighted by Crippen LogP contribution is -2.45. The minimum absolute atomic E-state index is 0.179. The predicted molar refractivity (Wildman–Crippen MR) is 130 cm³/mol. The number of carbonyl (C=O) groups excluding carboxylic acids is 1. The summed E-state index contributed by atoms with van der Waals surface area (Å²) in [6.07, 6.45) is 1.66. The van der Waals surface area contributed by atoms with Crippen molar-refractivity contribution >= 4 is 49.6 Å². The van der Waals surface area contributed by atoms with Crippen LogP contribution < -0.4 is 21.7 Å². The molecule has 4 heterocycles. The van der Waals surface area contributed by atoms with Gasteiger partial charge in [-0.3, -0.25) is 4.79 Å². The van der Waals surface area contributed by atoms with Gasteiger partial charge < -0.3 is 26.4 Å². The van der Waals surface area contributed by atoms with E-state index in [1.165, 1.54) is 28.7 Å². The molecule has 1 fully saturated rings. The molecule has 1 amide bonds. The molecule has 0 radical (unpaired) electrons. The van der Waals surface area contributed by atoms with E-state index in [1.54, 1.807) is 7.11 Å². The zero-order chi connectivity index (χ0) is 23.5. The maximum atomic E-state index is 15.1. The SMILES string of the molecule is COC1(C)CN(c2cc(F)c3c(n2)CCC(NC(=O)c2sc4nc(C)sc4c2N)C3)CC1N. The maximum Gasteiger partial charge on any atom is 0.263 e. The Hall–Kier alpha value is -2.34. The van der Waals surface area contributed by atoms with E-state index >= 15 is 4.39 Å². The van der Waals surface area contributed by atoms with Crippen molar-refractivity contribution in [3.63, 3.8) is 0 Å². The van der Waals surface area contributed by atoms with E-state index in [1.807, 2.05) is 18.7 Å². The van der Waals surface area contributed by atoms with Crippen molar-refractivity contribution in [2.75, 3.05) is 30.8 Å². The number of rotatable bonds is 4. The molecule has 11 heteroatoms. The molecule has 5 rings (SSSR count). The van der Waals surface area contributed by atoms with Gasteiger partial charge in [-0.1, -0.05) is 0 Å². The van der Waals surface area contributed by atoms with Crippen molar-refractivity contribution in [1.82, 2.24) is 15.3 Å². The number of aromatic nitrogens is 2. The molecule has 3 unspecified atom stereocenters. The first-order valence-corrected chi connectivity index (χ1v) is 12.5. The van der Waals surface area contributed by atoms with E-state index in [2.05, 4.69) is 10.3 Å². The third-order valence-electron chi connectivity index (χ3n) is 6.75. The summed E-state index contributed by atoms with van der Waals surface area (Å²) in [6.45, 7) is 4.99. The Morgan fingerprint density at radius 3 is 2.88 bits per heavy atom. The lowest BCUT2D eigenvalue weighted by atomic mass is 9.91. The molecule has 0 aromatic carbocycles. The summed E-state index contributed by atoms with van der Waals surface area (Å²) in [5, 5.41) is 3.95. The molecule has 0 saturated carbocycles. The Kier molecular flexibility index (Phi) is 5.55. The molecule has 5 N–H and O–H groups in total. The highest BCUT2D eigenvalue weighted by molar-refractivity contribution is 7.29. The van der Waals surface area contributed by atoms with Gasteiger partial charge in [-0.15, -0.1) is 22.7 Å². The van der Waals surface area contributed by atoms with Gasteiger partial charge in [-0.05, 0) is 33.1 Å². The minimum Gasteiger partial charge on any atom is -0.396 e. The van der Waals surface area contributed by atoms with Crippen LogP contribution in [0, 0.1) is 12.7 Å². The second kappa shape index (κ2) is 8.15. The predicted octanol–water partition coefficient (Wildman–Crippen LogP) is 2.62. The number of carbonyl (C=O) groups is 1. The van der Waals surface area contributed by atoms with Gasteiger partial charge in [0.15, 0.2) is 0 Å². The number of nitrogens with two attached hydrogens (primary N) is 2. The van der Waals surface area contributed by atoms with Gasteiger partial charge in [0.25, 0.3) is 5.91 Å². The molecule has 3 aromatic heterocycles. The summed E-state index contributed by atoms with van der Waals surface area (Å²) in [5.74, 6) is 0.0484. The molecule has 176 valence electrons. The fourth-order valence-electron chi connectivity index (χ4n) is 4.65. The van der Waals surface area contributed by atoms with Crippen LogP contribution in [0.2, 0.25) is 0 Å². The van der Waals surface area contributed by atoms with Crippen LogP contribution in [0.3, 0.4) is 0 Å². The second-order valence-corrected chi connectivity index (χ2v) is 11.2. The molecule has 33 heavy (non-hydrogen) atoms. The first kappa shape index (κ1) is 22.5. The number of hydrogen-bond acceptors (Lipinski definition) is 9. The van der Waals surface area contributed by atoms with Crippen molar-refractivity contribution in [2.24, 2.45) is 5.73 Å². The number of fused-ring (bicyclic) bond motifs is 2. The Morgan fingerprint density at radius 1 is 1.39 bits per heavy atom. The fourth-order valence-corrected chi connectivity index (χ4v) is 6.74. The van der Waals surface area contributed by atoms with E-state index in [4.69, 9.17) is 21.2 Å². The quantitative estimate of drug-likeness (QED) is 0.514. The van der Waals surface area contributed by atoms with Crippen LogP contribution >= 0.6 is 22.7 Å². The van der Waals surface area contributed by atoms with Gasteiger partial charge >= 0.3 is 0 Å². The number of amides is 1. The second-order valence-electron chi connectivity index (χ2n) is 9.02. The first-order chi connectivity index (χ1) is 15.7. The first-order valence-electron chi connectivity index (χ1n) is 10.9. The highest BCUT2D eigenvalue weighted by Crippen LogP contribution is 2.37. The summed E-state index contributed by atoms with van der Waals surface area (Å²) >= 11 is 2.78. The molecule has 3 atom stereocenters. The standard InChI is InChI=1S/C22H27FN6O2S2/c1-10-26-21-19(32-10)17(25)18(33-21)20(30)27-11-4-5-14-12(6-11)13(23)7-16(28-14)29-8-15(24)22(2,9-29)31-3/h7,11,15H,4-6,8-9,24-25H2,1-3H3,(H,27,30). The van der Waals surface area contributed by atoms with Crippen LogP contribution in [-0.2, 0) is 17.6 Å². The summed E-state index contributed by atoms with van der Waals surface area (Å²) in [5.41, 5.74) is 13.7. The normalized spacial score (nSPS) is 24.9. The monoisotopic (exact) mass is 490 g/mol. The molecule has 0 spiro atoms. The van der Waals surface area contributed by atoms with Gasteiger partial charge in [0, 0.05) is 43.6 Å². The summed E-state index contributed by atoms with van der Waals surface area (Å²) in [4.78, 5) is 25.3. The average molecular weight is 491 g/mol. The number of thiophene rings is 1. The third kappa shape index (κ3) is 3.86. The van der Waals surface area contributed by atoms with Crippen molar-refractivity contribution in [1.29, 1.82) is 0 Å². The Balaban J connectivity index is 1.31. The highest BCUT2D eigenvalue weighted by Gasteiger charge is 2.42. The number of nitrogens with one attached hydrogen (secondary N) is 1. The minimum atomic E-state index is -0.490. The van der Waals surface area contributed by atoms with Crippen LogP contribution in [0.4, 0.5) is 15.9 Å². The topological polar surface area (TPSA) is 119 Å². The van der Waals surface area contributed by atoms with Crippen LogP contribution in [0.15, 0.2) is 6.07 Å². The number of thiazole rings is 1. The summed E-state index contributed by atoms with van der Waals surface area (Å²) < 4.78 is 21.6. The van der Waals surface area contributed by atoms with Gasteiger partial charge in [-0.2, -0.15) is 0 Å². The maximum absolute atomic E-state index is 15.1. The molecular formula is C22H27FN6O2S2. The Morgan fingerprint density at radius 2 is 2.18 bits per heavy atom. The zero-order valence-corrected chi connectivity index (χ0v) is 20.4. The summed E-state index contributed by atoms with van der Waals surface area (Å²) in [6, 6.07) is 1.11. The van der Waals surface area contributed by atoms with E-state index in [0.717, 1.165) is 20.2 Å². The number of hydrogen-bond donors (Lipinski definition) is 3. The average Bonchev–Trinajstić information content (AvgIpc) is 3.40. The number of aryl methyl sites for hydroxylation is 2. The number of ether oxygens (including phenoxy) is 1. The Labute approximate surface area is 199 Å². The number of nitrogens with zero attached hydrogens (tertiary/aromatic N) is 3. The van der Waals surface area contributed by atoms with Crippen LogP contribution in [0.1, 0.15) is 39.3 Å². The van der Waals surface area contributed by atoms with Crippen LogP contribution in [0.25, 0.3) is 9.53 Å². The smallest absolute Gasteiger partial charge is 0.263 e. The molecule has 2 aliphatic rings. The largest absolute Gasteiger partial charge is 0.396 e. The number of nitrogen functional groups attached to an aromatic ring is 1. The van der Waals surface area contributed by atoms with E-state index in [9.17, 15) is 4.79 Å². The Bertz CT molecular complexity index is 1240. The third-order valence-corrected chi connectivity index (χ3v) is 8.98. The van der Waals surface area contributed by atoms with Crippen molar-refractivity contribution < 1.29 is 13.9 Å². The summed E-state index contributed by atoms with van der Waals surface area (Å²) in [7, 11) is 1.64. The van der Waals surface area contributed by atoms with E-state index in [-0.39, 0.29) is 23.8 Å². The van der Waals surface area contributed by atoms with Gasteiger partial charge in [-0.25, -0.2) is 14.4 Å². The van der Waals surface area contributed by atoms with Crippen molar-refractivity contribution in [2.45, 2.75) is 50.8 Å². The zero-order valence-electron chi connectivity index (χ0n) is 18.8. The van der Waals surface area contributed by atoms with Crippen molar-refractivity contribution in [3.8, 4) is 0 Å². The van der Waals surface area contributed by atoms with E-state index < -0.39 is 5.60 Å². The molecule has 0 bridgehead atoms. The lowest BCUT2D eigenvalue weighted by Gasteiger charge is -2.28. The van der Waals surface area contributed by atoms with E-state index in [0.29, 0.717) is 54.3 Å².